The molecule has 1 aliphatic heterocycles. The quantitative estimate of drug-likeness (QED) is 0.894. The van der Waals surface area contributed by atoms with Crippen molar-refractivity contribution in [2.75, 3.05) is 0 Å². The van der Waals surface area contributed by atoms with Gasteiger partial charge in [0.1, 0.15) is 5.75 Å². The number of nitrogens with zero attached hydrogens (tertiary/aromatic N) is 2. The zero-order valence-electron chi connectivity index (χ0n) is 12.1. The average molecular weight is 296 g/mol. The van der Waals surface area contributed by atoms with Gasteiger partial charge in [-0.05, 0) is 19.1 Å². The first kappa shape index (κ1) is 14.3. The van der Waals surface area contributed by atoms with Crippen molar-refractivity contribution in [3.05, 3.63) is 65.7 Å². The zero-order valence-corrected chi connectivity index (χ0v) is 12.1. The third-order valence-corrected chi connectivity index (χ3v) is 3.69. The van der Waals surface area contributed by atoms with Crippen molar-refractivity contribution in [3.8, 4) is 5.75 Å². The monoisotopic (exact) mass is 296 g/mol. The van der Waals surface area contributed by atoms with E-state index in [1.165, 1.54) is 12.1 Å². The van der Waals surface area contributed by atoms with E-state index in [1.54, 1.807) is 43.3 Å². The lowest BCUT2D eigenvalue weighted by Gasteiger charge is -2.31. The van der Waals surface area contributed by atoms with Gasteiger partial charge in [0.05, 0.1) is 5.56 Å². The second kappa shape index (κ2) is 5.27. The van der Waals surface area contributed by atoms with Gasteiger partial charge in [0.25, 0.3) is 5.91 Å². The molecule has 0 radical (unpaired) electrons. The van der Waals surface area contributed by atoms with Crippen LogP contribution in [-0.4, -0.2) is 26.8 Å². The number of rotatable bonds is 2. The first-order valence-corrected chi connectivity index (χ1v) is 6.97. The largest absolute Gasteiger partial charge is 0.507 e. The molecule has 1 atom stereocenters. The van der Waals surface area contributed by atoms with Gasteiger partial charge in [-0.25, -0.2) is 0 Å². The smallest absolute Gasteiger partial charge is 0.280 e. The summed E-state index contributed by atoms with van der Waals surface area (Å²) in [5, 5.41) is 26.1. The number of aliphatic hydroxyl groups is 1. The number of benzene rings is 2. The molecule has 0 unspecified atom stereocenters. The Hall–Kier alpha value is -2.66. The van der Waals surface area contributed by atoms with Crippen LogP contribution in [-0.2, 0) is 5.72 Å². The van der Waals surface area contributed by atoms with Crippen LogP contribution in [0.3, 0.4) is 0 Å². The molecule has 1 aliphatic rings. The van der Waals surface area contributed by atoms with E-state index in [0.29, 0.717) is 11.3 Å². The molecule has 0 aliphatic carbocycles. The standard InChI is InChI=1S/C17H16N2O3/c1-12-11-17(22,13-7-3-2-4-8-13)19(18-12)16(21)14-9-5-6-10-15(14)20/h2-10,20,22H,11H2,1H3/t17-/m1/s1. The zero-order chi connectivity index (χ0) is 15.7. The highest BCUT2D eigenvalue weighted by atomic mass is 16.3. The molecule has 1 amide bonds. The predicted molar refractivity (Wildman–Crippen MR) is 82.3 cm³/mol. The molecule has 2 aromatic rings. The number of phenolic OH excluding ortho intramolecular Hbond substituents is 1. The van der Waals surface area contributed by atoms with E-state index in [1.807, 2.05) is 6.07 Å². The highest BCUT2D eigenvalue weighted by molar-refractivity contribution is 5.99. The topological polar surface area (TPSA) is 73.1 Å². The minimum absolute atomic E-state index is 0.107. The van der Waals surface area contributed by atoms with E-state index in [4.69, 9.17) is 0 Å². The minimum atomic E-state index is -1.54. The summed E-state index contributed by atoms with van der Waals surface area (Å²) in [5.74, 6) is -0.677. The maximum Gasteiger partial charge on any atom is 0.280 e. The van der Waals surface area contributed by atoms with Crippen molar-refractivity contribution in [2.24, 2.45) is 5.10 Å². The Morgan fingerprint density at radius 2 is 1.77 bits per heavy atom. The van der Waals surface area contributed by atoms with Crippen LogP contribution < -0.4 is 0 Å². The van der Waals surface area contributed by atoms with Gasteiger partial charge in [0, 0.05) is 17.7 Å². The number of phenols is 1. The highest BCUT2D eigenvalue weighted by Gasteiger charge is 2.45. The summed E-state index contributed by atoms with van der Waals surface area (Å²) in [6.07, 6.45) is 0.232. The second-order valence-corrected chi connectivity index (χ2v) is 5.33. The molecule has 0 aromatic heterocycles. The lowest BCUT2D eigenvalue weighted by molar-refractivity contribution is -0.0766. The molecule has 0 saturated carbocycles. The van der Waals surface area contributed by atoms with Crippen molar-refractivity contribution < 1.29 is 15.0 Å². The van der Waals surface area contributed by atoms with Crippen molar-refractivity contribution in [1.82, 2.24) is 5.01 Å². The molecule has 22 heavy (non-hydrogen) atoms. The predicted octanol–water partition coefficient (Wildman–Crippen LogP) is 2.46. The van der Waals surface area contributed by atoms with Gasteiger partial charge in [-0.2, -0.15) is 10.1 Å². The summed E-state index contributed by atoms with van der Waals surface area (Å²) in [6, 6.07) is 15.2. The molecule has 112 valence electrons. The number of carbonyl (C=O) groups excluding carboxylic acids is 1. The molecular weight excluding hydrogens is 280 g/mol. The molecule has 0 fully saturated rings. The van der Waals surface area contributed by atoms with E-state index in [2.05, 4.69) is 5.10 Å². The van der Waals surface area contributed by atoms with Crippen LogP contribution in [0.1, 0.15) is 29.3 Å². The Balaban J connectivity index is 2.04. The summed E-state index contributed by atoms with van der Waals surface area (Å²) in [7, 11) is 0. The van der Waals surface area contributed by atoms with Crippen LogP contribution in [0.25, 0.3) is 0 Å². The number of hydrogen-bond acceptors (Lipinski definition) is 4. The van der Waals surface area contributed by atoms with E-state index in [-0.39, 0.29) is 17.7 Å². The molecule has 0 bridgehead atoms. The number of carbonyl (C=O) groups is 1. The molecule has 5 heteroatoms. The van der Waals surface area contributed by atoms with Gasteiger partial charge in [0.2, 0.25) is 0 Å². The SMILES string of the molecule is CC1=NN(C(=O)c2ccccc2O)[C@](O)(c2ccccc2)C1. The van der Waals surface area contributed by atoms with Crippen LogP contribution in [0.5, 0.6) is 5.75 Å². The molecular formula is C17H16N2O3. The molecule has 0 saturated heterocycles. The fraction of sp³-hybridized carbons (Fsp3) is 0.176. The Bertz CT molecular complexity index is 743. The first-order chi connectivity index (χ1) is 10.5. The van der Waals surface area contributed by atoms with Gasteiger partial charge in [-0.1, -0.05) is 42.5 Å². The number of para-hydroxylation sites is 1. The van der Waals surface area contributed by atoms with E-state index in [9.17, 15) is 15.0 Å². The molecule has 3 rings (SSSR count). The number of hydrazone groups is 1. The van der Waals surface area contributed by atoms with Crippen molar-refractivity contribution in [3.63, 3.8) is 0 Å². The van der Waals surface area contributed by atoms with Gasteiger partial charge < -0.3 is 10.2 Å². The van der Waals surface area contributed by atoms with Crippen molar-refractivity contribution >= 4 is 11.6 Å². The summed E-state index contributed by atoms with van der Waals surface area (Å²) in [6.45, 7) is 1.76. The fourth-order valence-corrected chi connectivity index (χ4v) is 2.63. The molecule has 2 aromatic carbocycles. The maximum absolute atomic E-state index is 12.7. The Morgan fingerprint density at radius 3 is 2.45 bits per heavy atom. The lowest BCUT2D eigenvalue weighted by Crippen LogP contribution is -2.43. The normalized spacial score (nSPS) is 20.8. The lowest BCUT2D eigenvalue weighted by atomic mass is 9.97. The average Bonchev–Trinajstić information content (AvgIpc) is 2.84. The van der Waals surface area contributed by atoms with Crippen LogP contribution in [0.15, 0.2) is 59.7 Å². The Labute approximate surface area is 128 Å². The van der Waals surface area contributed by atoms with Crippen LogP contribution in [0.4, 0.5) is 0 Å². The third-order valence-electron chi connectivity index (χ3n) is 3.69. The molecule has 1 heterocycles. The maximum atomic E-state index is 12.7. The third kappa shape index (κ3) is 2.25. The summed E-state index contributed by atoms with van der Waals surface area (Å²) < 4.78 is 0. The minimum Gasteiger partial charge on any atom is -0.507 e. The van der Waals surface area contributed by atoms with Crippen LogP contribution >= 0.6 is 0 Å². The Kier molecular flexibility index (Phi) is 3.42. The highest BCUT2D eigenvalue weighted by Crippen LogP contribution is 2.37. The van der Waals surface area contributed by atoms with Crippen molar-refractivity contribution in [1.29, 1.82) is 0 Å². The fourth-order valence-electron chi connectivity index (χ4n) is 2.63. The Morgan fingerprint density at radius 1 is 1.14 bits per heavy atom. The van der Waals surface area contributed by atoms with Gasteiger partial charge in [-0.15, -0.1) is 0 Å². The molecule has 0 spiro atoms. The summed E-state index contributed by atoms with van der Waals surface area (Å²) >= 11 is 0. The van der Waals surface area contributed by atoms with Gasteiger partial charge in [0.15, 0.2) is 5.72 Å². The van der Waals surface area contributed by atoms with Gasteiger partial charge >= 0.3 is 0 Å². The van der Waals surface area contributed by atoms with Gasteiger partial charge in [-0.3, -0.25) is 4.79 Å². The second-order valence-electron chi connectivity index (χ2n) is 5.33. The first-order valence-electron chi connectivity index (χ1n) is 6.97. The summed E-state index contributed by atoms with van der Waals surface area (Å²) in [4.78, 5) is 12.7. The number of hydrogen-bond donors (Lipinski definition) is 2. The number of amides is 1. The van der Waals surface area contributed by atoms with Crippen molar-refractivity contribution in [2.45, 2.75) is 19.1 Å². The molecule has 2 N–H and O–H groups in total. The van der Waals surface area contributed by atoms with E-state index in [0.717, 1.165) is 5.01 Å². The molecule has 5 nitrogen and oxygen atoms in total. The van der Waals surface area contributed by atoms with E-state index < -0.39 is 11.6 Å². The van der Waals surface area contributed by atoms with Crippen LogP contribution in [0.2, 0.25) is 0 Å². The van der Waals surface area contributed by atoms with E-state index >= 15 is 0 Å². The van der Waals surface area contributed by atoms with Crippen LogP contribution in [0, 0.1) is 0 Å². The number of aromatic hydroxyl groups is 1. The summed E-state index contributed by atoms with van der Waals surface area (Å²) in [5.41, 5.74) is -0.199.